The zero-order chi connectivity index (χ0) is 26.0. The third-order valence-electron chi connectivity index (χ3n) is 4.38. The highest BCUT2D eigenvalue weighted by Gasteiger charge is 2.16. The summed E-state index contributed by atoms with van der Waals surface area (Å²) in [5.41, 5.74) is 2.31. The van der Waals surface area contributed by atoms with Crippen LogP contribution in [-0.2, 0) is 16.0 Å². The Morgan fingerprint density at radius 1 is 1.14 bits per heavy atom. The Kier molecular flexibility index (Phi) is 11.0. The van der Waals surface area contributed by atoms with Crippen LogP contribution >= 0.6 is 34.8 Å². The predicted molar refractivity (Wildman–Crippen MR) is 141 cm³/mol. The van der Waals surface area contributed by atoms with Crippen molar-refractivity contribution in [1.29, 1.82) is 0 Å². The Balaban J connectivity index is 1.96. The normalized spacial score (nSPS) is 11.5. The molecule has 0 saturated carbocycles. The topological polar surface area (TPSA) is 78.4 Å². The van der Waals surface area contributed by atoms with Crippen LogP contribution in [0.1, 0.15) is 38.8 Å². The first-order valence-corrected chi connectivity index (χ1v) is 11.9. The minimum absolute atomic E-state index is 0.116. The number of carbonyl (C=O) groups is 1. The van der Waals surface area contributed by atoms with Crippen LogP contribution < -0.4 is 14.8 Å². The number of halogens is 3. The lowest BCUT2D eigenvalue weighted by Gasteiger charge is -2.19. The number of ether oxygens (including phenoxy) is 3. The van der Waals surface area contributed by atoms with Crippen molar-refractivity contribution in [3.63, 3.8) is 0 Å². The number of nitrogens with one attached hydrogen (secondary N) is 1. The van der Waals surface area contributed by atoms with Gasteiger partial charge < -0.3 is 19.0 Å². The van der Waals surface area contributed by atoms with Crippen molar-refractivity contribution in [2.24, 2.45) is 5.16 Å². The second kappa shape index (κ2) is 13.5. The molecule has 0 aliphatic heterocycles. The fourth-order valence-electron chi connectivity index (χ4n) is 2.86. The molecule has 0 aliphatic carbocycles. The van der Waals surface area contributed by atoms with Crippen LogP contribution in [0.2, 0.25) is 5.02 Å². The highest BCUT2D eigenvalue weighted by atomic mass is 35.5. The van der Waals surface area contributed by atoms with E-state index in [-0.39, 0.29) is 11.1 Å². The van der Waals surface area contributed by atoms with Crippen molar-refractivity contribution in [3.05, 3.63) is 63.1 Å². The predicted octanol–water partition coefficient (Wildman–Crippen LogP) is 7.38. The first-order chi connectivity index (χ1) is 16.5. The lowest BCUT2D eigenvalue weighted by Crippen LogP contribution is -2.27. The molecule has 190 valence electrons. The summed E-state index contributed by atoms with van der Waals surface area (Å²) in [7, 11) is 1.52. The molecule has 1 amide bonds. The molecule has 10 heteroatoms. The van der Waals surface area contributed by atoms with E-state index in [4.69, 9.17) is 53.9 Å². The fourth-order valence-corrected chi connectivity index (χ4v) is 3.27. The summed E-state index contributed by atoms with van der Waals surface area (Å²) in [5.74, 6) is 0.967. The van der Waals surface area contributed by atoms with Gasteiger partial charge in [0.25, 0.3) is 0 Å². The Hall–Kier alpha value is -2.61. The molecule has 0 aliphatic rings. The summed E-state index contributed by atoms with van der Waals surface area (Å²) in [5, 5.41) is 7.27. The zero-order valence-electron chi connectivity index (χ0n) is 20.3. The van der Waals surface area contributed by atoms with E-state index in [2.05, 4.69) is 10.5 Å². The van der Waals surface area contributed by atoms with Gasteiger partial charge in [-0.25, -0.2) is 4.79 Å². The van der Waals surface area contributed by atoms with Crippen molar-refractivity contribution in [3.8, 4) is 11.5 Å². The molecule has 0 unspecified atom stereocenters. The molecule has 0 bridgehead atoms. The van der Waals surface area contributed by atoms with Gasteiger partial charge in [0.2, 0.25) is 0 Å². The van der Waals surface area contributed by atoms with Gasteiger partial charge in [-0.1, -0.05) is 52.1 Å². The first-order valence-electron chi connectivity index (χ1n) is 10.8. The Morgan fingerprint density at radius 2 is 1.83 bits per heavy atom. The number of carbonyl (C=O) groups excluding carboxylic acids is 1. The van der Waals surface area contributed by atoms with Crippen molar-refractivity contribution >= 4 is 52.3 Å². The molecule has 7 nitrogen and oxygen atoms in total. The van der Waals surface area contributed by atoms with Crippen molar-refractivity contribution < 1.29 is 23.8 Å². The van der Waals surface area contributed by atoms with Gasteiger partial charge in [-0.15, -0.1) is 0 Å². The van der Waals surface area contributed by atoms with Gasteiger partial charge in [-0.3, -0.25) is 5.32 Å². The van der Waals surface area contributed by atoms with E-state index in [0.717, 1.165) is 5.56 Å². The number of rotatable bonds is 10. The molecule has 35 heavy (non-hydrogen) atoms. The SMILES string of the molecule is COc1c(Cl)cc(OCC=C(Cl)Cl)cc1/C(C)=N/OCCc1ccc(NC(=O)OC(C)(C)C)cc1. The van der Waals surface area contributed by atoms with Gasteiger partial charge in [0.15, 0.2) is 0 Å². The Bertz CT molecular complexity index is 1060. The number of oxime groups is 1. The summed E-state index contributed by atoms with van der Waals surface area (Å²) in [6.07, 6.45) is 1.64. The molecule has 0 spiro atoms. The average Bonchev–Trinajstić information content (AvgIpc) is 2.75. The van der Waals surface area contributed by atoms with Crippen molar-refractivity contribution in [2.75, 3.05) is 25.6 Å². The molecule has 0 atom stereocenters. The lowest BCUT2D eigenvalue weighted by molar-refractivity contribution is 0.0636. The maximum Gasteiger partial charge on any atom is 0.412 e. The number of hydrogen-bond donors (Lipinski definition) is 1. The van der Waals surface area contributed by atoms with E-state index >= 15 is 0 Å². The molecular weight excluding hydrogens is 515 g/mol. The summed E-state index contributed by atoms with van der Waals surface area (Å²) < 4.78 is 16.4. The monoisotopic (exact) mass is 542 g/mol. The minimum atomic E-state index is -0.556. The maximum absolute atomic E-state index is 11.9. The molecule has 0 saturated heterocycles. The van der Waals surface area contributed by atoms with Gasteiger partial charge in [-0.2, -0.15) is 0 Å². The second-order valence-electron chi connectivity index (χ2n) is 8.37. The number of anilines is 1. The van der Waals surface area contributed by atoms with Gasteiger partial charge in [0.1, 0.15) is 34.8 Å². The van der Waals surface area contributed by atoms with Gasteiger partial charge >= 0.3 is 6.09 Å². The summed E-state index contributed by atoms with van der Waals surface area (Å²) in [6.45, 7) is 7.75. The second-order valence-corrected chi connectivity index (χ2v) is 9.79. The van der Waals surface area contributed by atoms with Crippen LogP contribution in [0.4, 0.5) is 10.5 Å². The highest BCUT2D eigenvalue weighted by Crippen LogP contribution is 2.34. The molecule has 0 radical (unpaired) electrons. The minimum Gasteiger partial charge on any atom is -0.494 e. The average molecular weight is 544 g/mol. The molecule has 2 aromatic carbocycles. The number of methoxy groups -OCH3 is 1. The Morgan fingerprint density at radius 3 is 2.43 bits per heavy atom. The van der Waals surface area contributed by atoms with Crippen LogP contribution in [0, 0.1) is 0 Å². The smallest absolute Gasteiger partial charge is 0.412 e. The van der Waals surface area contributed by atoms with E-state index in [1.165, 1.54) is 13.2 Å². The summed E-state index contributed by atoms with van der Waals surface area (Å²) in [6, 6.07) is 10.8. The van der Waals surface area contributed by atoms with Crippen molar-refractivity contribution in [2.45, 2.75) is 39.7 Å². The van der Waals surface area contributed by atoms with Gasteiger partial charge in [-0.05, 0) is 57.5 Å². The van der Waals surface area contributed by atoms with E-state index in [1.54, 1.807) is 31.2 Å². The molecule has 0 fully saturated rings. The van der Waals surface area contributed by atoms with Gasteiger partial charge in [0.05, 0.1) is 17.8 Å². The molecule has 2 aromatic rings. The van der Waals surface area contributed by atoms with E-state index in [1.807, 2.05) is 32.9 Å². The van der Waals surface area contributed by atoms with Crippen molar-refractivity contribution in [1.82, 2.24) is 0 Å². The molecule has 0 heterocycles. The standard InChI is InChI=1S/C25H29Cl3N2O5/c1-16(20-14-19(33-12-11-22(27)28)15-21(26)23(20)32-5)30-34-13-10-17-6-8-18(9-7-17)29-24(31)35-25(2,3)4/h6-9,11,14-15H,10,12-13H2,1-5H3,(H,29,31)/b30-16+. The van der Waals surface area contributed by atoms with E-state index in [0.29, 0.717) is 46.5 Å². The van der Waals surface area contributed by atoms with Crippen LogP contribution in [-0.4, -0.2) is 37.7 Å². The molecule has 0 aromatic heterocycles. The molecular formula is C25H29Cl3N2O5. The van der Waals surface area contributed by atoms with Gasteiger partial charge in [0, 0.05) is 23.7 Å². The highest BCUT2D eigenvalue weighted by molar-refractivity contribution is 6.55. The summed E-state index contributed by atoms with van der Waals surface area (Å²) >= 11 is 17.6. The number of hydrogen-bond acceptors (Lipinski definition) is 6. The quantitative estimate of drug-likeness (QED) is 0.192. The molecule has 1 N–H and O–H groups in total. The third kappa shape index (κ3) is 10.3. The van der Waals surface area contributed by atoms with Crippen LogP contribution in [0.5, 0.6) is 11.5 Å². The van der Waals surface area contributed by atoms with Crippen LogP contribution in [0.15, 0.2) is 52.1 Å². The number of nitrogens with zero attached hydrogens (tertiary/aromatic N) is 1. The van der Waals surface area contributed by atoms with E-state index < -0.39 is 11.7 Å². The molecule has 2 rings (SSSR count). The maximum atomic E-state index is 11.9. The van der Waals surface area contributed by atoms with Crippen LogP contribution in [0.25, 0.3) is 0 Å². The fraction of sp³-hybridized carbons (Fsp3) is 0.360. The first kappa shape index (κ1) is 28.6. The number of amides is 1. The summed E-state index contributed by atoms with van der Waals surface area (Å²) in [4.78, 5) is 17.4. The van der Waals surface area contributed by atoms with Crippen LogP contribution in [0.3, 0.4) is 0 Å². The number of benzene rings is 2. The zero-order valence-corrected chi connectivity index (χ0v) is 22.6. The Labute approximate surface area is 220 Å². The lowest BCUT2D eigenvalue weighted by atomic mass is 10.1. The largest absolute Gasteiger partial charge is 0.494 e. The third-order valence-corrected chi connectivity index (χ3v) is 4.97. The van der Waals surface area contributed by atoms with E-state index in [9.17, 15) is 4.79 Å².